The molecule has 1 aromatic rings. The Labute approximate surface area is 122 Å². The lowest BCUT2D eigenvalue weighted by Gasteiger charge is -2.31. The van der Waals surface area contributed by atoms with E-state index in [4.69, 9.17) is 0 Å². The summed E-state index contributed by atoms with van der Waals surface area (Å²) in [5.74, 6) is 2.43. The first kappa shape index (κ1) is 13.8. The first-order valence-corrected chi connectivity index (χ1v) is 8.03. The van der Waals surface area contributed by atoms with E-state index in [1.165, 1.54) is 45.3 Å². The normalized spacial score (nSPS) is 20.4. The van der Waals surface area contributed by atoms with Crippen molar-refractivity contribution in [1.29, 1.82) is 0 Å². The molecule has 1 aliphatic heterocycles. The molecule has 1 aliphatic carbocycles. The Hall–Kier alpha value is -1.16. The van der Waals surface area contributed by atoms with E-state index < -0.39 is 0 Å². The molecule has 2 heterocycles. The van der Waals surface area contributed by atoms with Crippen LogP contribution in [-0.2, 0) is 0 Å². The molecule has 0 unspecified atom stereocenters. The molecule has 1 N–H and O–H groups in total. The summed E-state index contributed by atoms with van der Waals surface area (Å²) in [4.78, 5) is 11.5. The van der Waals surface area contributed by atoms with Crippen molar-refractivity contribution >= 4 is 5.82 Å². The van der Waals surface area contributed by atoms with E-state index in [2.05, 4.69) is 40.1 Å². The van der Waals surface area contributed by atoms with E-state index >= 15 is 0 Å². The number of nitrogens with one attached hydrogen (secondary N) is 1. The predicted molar refractivity (Wildman–Crippen MR) is 82.1 cm³/mol. The largest absolute Gasteiger partial charge is 0.353 e. The smallest absolute Gasteiger partial charge is 0.132 e. The fourth-order valence-corrected chi connectivity index (χ4v) is 2.99. The minimum Gasteiger partial charge on any atom is -0.353 e. The summed E-state index contributed by atoms with van der Waals surface area (Å²) in [6.45, 7) is 7.90. The Balaban J connectivity index is 1.74. The lowest BCUT2D eigenvalue weighted by molar-refractivity contribution is 0.372. The van der Waals surface area contributed by atoms with Gasteiger partial charge in [-0.05, 0) is 50.6 Å². The predicted octanol–water partition coefficient (Wildman–Crippen LogP) is 2.57. The van der Waals surface area contributed by atoms with Crippen LogP contribution in [0.15, 0.2) is 12.4 Å². The maximum absolute atomic E-state index is 4.55. The van der Waals surface area contributed by atoms with Crippen LogP contribution >= 0.6 is 0 Å². The molecule has 0 spiro atoms. The van der Waals surface area contributed by atoms with Gasteiger partial charge in [0.05, 0.1) is 0 Å². The molecule has 0 radical (unpaired) electrons. The van der Waals surface area contributed by atoms with E-state index in [1.807, 2.05) is 0 Å². The molecule has 20 heavy (non-hydrogen) atoms. The molecular weight excluding hydrogens is 248 g/mol. The number of hydrogen-bond donors (Lipinski definition) is 1. The molecule has 1 saturated heterocycles. The lowest BCUT2D eigenvalue weighted by Crippen LogP contribution is -2.37. The summed E-state index contributed by atoms with van der Waals surface area (Å²) in [6, 6.07) is 2.92. The second-order valence-electron chi connectivity index (χ2n) is 6.53. The van der Waals surface area contributed by atoms with Crippen molar-refractivity contribution in [2.45, 2.75) is 51.5 Å². The molecule has 1 aromatic heterocycles. The Bertz CT molecular complexity index is 436. The Morgan fingerprint density at radius 2 is 1.95 bits per heavy atom. The highest BCUT2D eigenvalue weighted by molar-refractivity contribution is 5.42. The minimum atomic E-state index is 0.469. The first-order valence-electron chi connectivity index (χ1n) is 8.03. The summed E-state index contributed by atoms with van der Waals surface area (Å²) in [5, 5.41) is 3.45. The van der Waals surface area contributed by atoms with Gasteiger partial charge in [-0.25, -0.2) is 9.97 Å². The molecule has 0 atom stereocenters. The van der Waals surface area contributed by atoms with Crippen LogP contribution < -0.4 is 10.2 Å². The van der Waals surface area contributed by atoms with Crippen LogP contribution in [0, 0.1) is 5.92 Å². The van der Waals surface area contributed by atoms with Crippen molar-refractivity contribution in [2.75, 3.05) is 24.5 Å². The molecule has 110 valence electrons. The van der Waals surface area contributed by atoms with E-state index in [-0.39, 0.29) is 0 Å². The molecule has 4 heteroatoms. The fraction of sp³-hybridized carbons (Fsp3) is 0.750. The second kappa shape index (κ2) is 6.08. The fourth-order valence-electron chi connectivity index (χ4n) is 2.99. The first-order chi connectivity index (χ1) is 9.74. The van der Waals surface area contributed by atoms with Crippen molar-refractivity contribution in [3.05, 3.63) is 18.1 Å². The van der Waals surface area contributed by atoms with Gasteiger partial charge < -0.3 is 10.2 Å². The van der Waals surface area contributed by atoms with Crippen molar-refractivity contribution in [3.8, 4) is 0 Å². The minimum absolute atomic E-state index is 0.469. The van der Waals surface area contributed by atoms with Crippen LogP contribution in [0.1, 0.15) is 51.1 Å². The maximum atomic E-state index is 4.55. The van der Waals surface area contributed by atoms with E-state index in [1.54, 1.807) is 6.33 Å². The molecule has 2 fully saturated rings. The number of hydrogen-bond acceptors (Lipinski definition) is 4. The Morgan fingerprint density at radius 3 is 2.60 bits per heavy atom. The third-order valence-corrected chi connectivity index (χ3v) is 4.46. The lowest BCUT2D eigenvalue weighted by atomic mass is 9.97. The van der Waals surface area contributed by atoms with E-state index in [0.717, 1.165) is 23.5 Å². The highest BCUT2D eigenvalue weighted by atomic mass is 15.2. The number of piperidine rings is 1. The van der Waals surface area contributed by atoms with Crippen LogP contribution in [0.25, 0.3) is 0 Å². The summed E-state index contributed by atoms with van der Waals surface area (Å²) in [6.07, 6.45) is 6.98. The molecule has 0 amide bonds. The van der Waals surface area contributed by atoms with Crippen LogP contribution in [0.2, 0.25) is 0 Å². The molecule has 4 nitrogen and oxygen atoms in total. The average Bonchev–Trinajstić information content (AvgIpc) is 3.30. The molecule has 2 aliphatic rings. The van der Waals surface area contributed by atoms with Gasteiger partial charge >= 0.3 is 0 Å². The van der Waals surface area contributed by atoms with Crippen molar-refractivity contribution in [3.63, 3.8) is 0 Å². The second-order valence-corrected chi connectivity index (χ2v) is 6.53. The summed E-state index contributed by atoms with van der Waals surface area (Å²) in [5.41, 5.74) is 1.16. The highest BCUT2D eigenvalue weighted by Crippen LogP contribution is 2.33. The van der Waals surface area contributed by atoms with Crippen molar-refractivity contribution < 1.29 is 0 Å². The average molecular weight is 274 g/mol. The van der Waals surface area contributed by atoms with E-state index in [9.17, 15) is 0 Å². The molecule has 3 rings (SSSR count). The van der Waals surface area contributed by atoms with Crippen LogP contribution in [-0.4, -0.2) is 35.6 Å². The van der Waals surface area contributed by atoms with Gasteiger partial charge in [0.25, 0.3) is 0 Å². The summed E-state index contributed by atoms with van der Waals surface area (Å²) in [7, 11) is 0. The standard InChI is InChI=1S/C16H26N4/c1-12(2)15-9-16(19-11-18-15)20(14-3-4-14)10-13-5-7-17-8-6-13/h9,11-14,17H,3-8,10H2,1-2H3. The van der Waals surface area contributed by atoms with Crippen LogP contribution in [0.5, 0.6) is 0 Å². The summed E-state index contributed by atoms with van der Waals surface area (Å²) >= 11 is 0. The van der Waals surface area contributed by atoms with Crippen LogP contribution in [0.3, 0.4) is 0 Å². The third kappa shape index (κ3) is 3.29. The van der Waals surface area contributed by atoms with Gasteiger partial charge in [0.15, 0.2) is 0 Å². The van der Waals surface area contributed by atoms with Gasteiger partial charge in [0.2, 0.25) is 0 Å². The van der Waals surface area contributed by atoms with Gasteiger partial charge in [-0.15, -0.1) is 0 Å². The third-order valence-electron chi connectivity index (χ3n) is 4.46. The highest BCUT2D eigenvalue weighted by Gasteiger charge is 2.32. The molecule has 0 aromatic carbocycles. The maximum Gasteiger partial charge on any atom is 0.132 e. The Morgan fingerprint density at radius 1 is 1.20 bits per heavy atom. The van der Waals surface area contributed by atoms with Gasteiger partial charge in [0, 0.05) is 24.3 Å². The van der Waals surface area contributed by atoms with Crippen LogP contribution in [0.4, 0.5) is 5.82 Å². The SMILES string of the molecule is CC(C)c1cc(N(CC2CCNCC2)C2CC2)ncn1. The zero-order chi connectivity index (χ0) is 13.9. The monoisotopic (exact) mass is 274 g/mol. The van der Waals surface area contributed by atoms with E-state index in [0.29, 0.717) is 5.92 Å². The summed E-state index contributed by atoms with van der Waals surface area (Å²) < 4.78 is 0. The van der Waals surface area contributed by atoms with Crippen molar-refractivity contribution in [2.24, 2.45) is 5.92 Å². The molecule has 0 bridgehead atoms. The topological polar surface area (TPSA) is 41.0 Å². The van der Waals surface area contributed by atoms with Crippen molar-refractivity contribution in [1.82, 2.24) is 15.3 Å². The quantitative estimate of drug-likeness (QED) is 0.896. The molecular formula is C16H26N4. The van der Waals surface area contributed by atoms with Gasteiger partial charge in [-0.3, -0.25) is 0 Å². The van der Waals surface area contributed by atoms with Gasteiger partial charge in [-0.2, -0.15) is 0 Å². The Kier molecular flexibility index (Phi) is 4.20. The number of rotatable bonds is 5. The molecule has 1 saturated carbocycles. The number of aromatic nitrogens is 2. The number of nitrogens with zero attached hydrogens (tertiary/aromatic N) is 3. The van der Waals surface area contributed by atoms with Gasteiger partial charge in [-0.1, -0.05) is 13.8 Å². The number of anilines is 1. The zero-order valence-corrected chi connectivity index (χ0v) is 12.7. The van der Waals surface area contributed by atoms with Gasteiger partial charge in [0.1, 0.15) is 12.1 Å². The zero-order valence-electron chi connectivity index (χ0n) is 12.7.